The van der Waals surface area contributed by atoms with Gasteiger partial charge in [0.05, 0.1) is 0 Å². The molecule has 0 N–H and O–H groups in total. The Morgan fingerprint density at radius 1 is 0.340 bits per heavy atom. The minimum Gasteiger partial charge on any atom is -0.0877 e. The third-order valence-electron chi connectivity index (χ3n) is 10.3. The van der Waals surface area contributed by atoms with E-state index in [0.717, 1.165) is 0 Å². The van der Waals surface area contributed by atoms with Gasteiger partial charge in [0.15, 0.2) is 0 Å². The molecule has 8 aromatic carbocycles. The predicted molar refractivity (Wildman–Crippen MR) is 202 cm³/mol. The van der Waals surface area contributed by atoms with Crippen molar-refractivity contribution in [2.45, 2.75) is 38.8 Å². The van der Waals surface area contributed by atoms with Crippen molar-refractivity contribution in [1.29, 1.82) is 0 Å². The van der Waals surface area contributed by atoms with Crippen LogP contribution in [-0.4, -0.2) is 0 Å². The highest BCUT2D eigenvalue weighted by Gasteiger charge is 2.37. The quantitative estimate of drug-likeness (QED) is 0.174. The van der Waals surface area contributed by atoms with Gasteiger partial charge in [-0.1, -0.05) is 140 Å². The van der Waals surface area contributed by atoms with E-state index < -0.39 is 0 Å². The van der Waals surface area contributed by atoms with Gasteiger partial charge in [-0.15, -0.1) is 0 Å². The molecule has 0 radical (unpaired) electrons. The molecule has 0 saturated heterocycles. The summed E-state index contributed by atoms with van der Waals surface area (Å²) < 4.78 is 0. The van der Waals surface area contributed by atoms with Crippen molar-refractivity contribution in [2.24, 2.45) is 0 Å². The average molecular weight is 635 g/mol. The van der Waals surface area contributed by atoms with Crippen molar-refractivity contribution < 1.29 is 0 Å². The zero-order valence-electron chi connectivity index (χ0n) is 26.2. The molecule has 8 aromatic rings. The van der Waals surface area contributed by atoms with Crippen LogP contribution in [0.25, 0.3) is 65.7 Å². The number of hydrogen-bond donors (Lipinski definition) is 0. The summed E-state index contributed by atoms with van der Waals surface area (Å²) in [6, 6.07) is 54.5. The fourth-order valence-corrected chi connectivity index (χ4v) is 10.2. The normalized spacial score (nSPS) is 14.2. The Balaban J connectivity index is 1.08. The molecule has 0 fully saturated rings. The van der Waals surface area contributed by atoms with Crippen LogP contribution in [0.1, 0.15) is 25.0 Å². The van der Waals surface area contributed by atoms with Gasteiger partial charge < -0.3 is 0 Å². The molecule has 10 rings (SSSR count). The molecule has 1 aliphatic carbocycles. The second-order valence-corrected chi connectivity index (χ2v) is 15.5. The second kappa shape index (κ2) is 10.1. The molecule has 0 bridgehead atoms. The van der Waals surface area contributed by atoms with Gasteiger partial charge in [0.25, 0.3) is 0 Å². The molecule has 0 amide bonds. The molecule has 47 heavy (non-hydrogen) atoms. The van der Waals surface area contributed by atoms with Gasteiger partial charge in [0.1, 0.15) is 0 Å². The maximum absolute atomic E-state index is 2.46. The van der Waals surface area contributed by atoms with Crippen molar-refractivity contribution in [3.8, 4) is 33.4 Å². The van der Waals surface area contributed by atoms with Crippen LogP contribution in [0.4, 0.5) is 0 Å². The Hall–Kier alpha value is -4.76. The Kier molecular flexibility index (Phi) is 5.89. The standard InChI is InChI=1S/C45H30S2/c1-45(2)39-21-19-30(24-37(39)38-25-43-44(26-40(38)45)47-42-17-8-7-16-41(42)46-43)28-11-9-10-27(22-28)29-18-20-35-33-14-4-3-12-31(33)32-13-5-6-15-34(32)36(35)23-29/h3-26H,1-2H3. The molecule has 0 spiro atoms. The highest BCUT2D eigenvalue weighted by atomic mass is 32.2. The predicted octanol–water partition coefficient (Wildman–Crippen LogP) is 13.4. The summed E-state index contributed by atoms with van der Waals surface area (Å²) in [7, 11) is 0. The van der Waals surface area contributed by atoms with Crippen LogP contribution in [-0.2, 0) is 5.41 Å². The highest BCUT2D eigenvalue weighted by molar-refractivity contribution is 8.05. The van der Waals surface area contributed by atoms with Gasteiger partial charge in [-0.3, -0.25) is 0 Å². The van der Waals surface area contributed by atoms with E-state index in [1.807, 2.05) is 23.5 Å². The largest absolute Gasteiger partial charge is 0.0877 e. The maximum atomic E-state index is 2.46. The first kappa shape index (κ1) is 27.4. The molecule has 1 heterocycles. The molecular formula is C45H30S2. The van der Waals surface area contributed by atoms with Gasteiger partial charge in [-0.2, -0.15) is 0 Å². The molecule has 2 aliphatic rings. The van der Waals surface area contributed by atoms with E-state index in [4.69, 9.17) is 0 Å². The van der Waals surface area contributed by atoms with Crippen molar-refractivity contribution in [2.75, 3.05) is 0 Å². The van der Waals surface area contributed by atoms with E-state index in [9.17, 15) is 0 Å². The third kappa shape index (κ3) is 4.11. The number of rotatable bonds is 2. The minimum atomic E-state index is -0.0414. The SMILES string of the molecule is CC1(C)c2ccc(-c3cccc(-c4ccc5c6ccccc6c6ccccc6c5c4)c3)cc2-c2cc3c(cc21)Sc1ccccc1S3. The van der Waals surface area contributed by atoms with Crippen molar-refractivity contribution in [3.05, 3.63) is 157 Å². The van der Waals surface area contributed by atoms with E-state index in [0.29, 0.717) is 0 Å². The first-order chi connectivity index (χ1) is 23.0. The Labute approximate surface area is 283 Å². The van der Waals surface area contributed by atoms with Crippen LogP contribution < -0.4 is 0 Å². The average Bonchev–Trinajstić information content (AvgIpc) is 3.34. The summed E-state index contributed by atoms with van der Waals surface area (Å²) in [6.07, 6.45) is 0. The van der Waals surface area contributed by atoms with Gasteiger partial charge in [0, 0.05) is 25.0 Å². The smallest absolute Gasteiger partial charge is 0.0268 e. The molecule has 2 heteroatoms. The maximum Gasteiger partial charge on any atom is 0.0268 e. The molecule has 0 unspecified atom stereocenters. The molecule has 0 nitrogen and oxygen atoms in total. The molecule has 0 atom stereocenters. The van der Waals surface area contributed by atoms with Gasteiger partial charge in [0.2, 0.25) is 0 Å². The number of fused-ring (bicyclic) bond motifs is 11. The third-order valence-corrected chi connectivity index (χ3v) is 12.8. The Morgan fingerprint density at radius 2 is 0.830 bits per heavy atom. The van der Waals surface area contributed by atoms with Crippen molar-refractivity contribution >= 4 is 55.8 Å². The fraction of sp³-hybridized carbons (Fsp3) is 0.0667. The van der Waals surface area contributed by atoms with Crippen LogP contribution >= 0.6 is 23.5 Å². The lowest BCUT2D eigenvalue weighted by atomic mass is 9.82. The molecule has 0 saturated carbocycles. The van der Waals surface area contributed by atoms with Crippen molar-refractivity contribution in [1.82, 2.24) is 0 Å². The summed E-state index contributed by atoms with van der Waals surface area (Å²) in [4.78, 5) is 5.44. The van der Waals surface area contributed by atoms with E-state index >= 15 is 0 Å². The van der Waals surface area contributed by atoms with Crippen LogP contribution in [0.2, 0.25) is 0 Å². The van der Waals surface area contributed by atoms with E-state index in [1.54, 1.807) is 0 Å². The van der Waals surface area contributed by atoms with Crippen LogP contribution in [0, 0.1) is 0 Å². The lowest BCUT2D eigenvalue weighted by Gasteiger charge is -2.24. The fourth-order valence-electron chi connectivity index (χ4n) is 7.92. The van der Waals surface area contributed by atoms with Crippen LogP contribution in [0.3, 0.4) is 0 Å². The zero-order valence-corrected chi connectivity index (χ0v) is 27.8. The molecular weight excluding hydrogens is 605 g/mol. The molecule has 222 valence electrons. The Morgan fingerprint density at radius 3 is 1.49 bits per heavy atom. The van der Waals surface area contributed by atoms with E-state index in [1.165, 1.54) is 96.4 Å². The van der Waals surface area contributed by atoms with Crippen LogP contribution in [0.5, 0.6) is 0 Å². The highest BCUT2D eigenvalue weighted by Crippen LogP contribution is 2.56. The first-order valence-corrected chi connectivity index (χ1v) is 17.9. The van der Waals surface area contributed by atoms with Gasteiger partial charge >= 0.3 is 0 Å². The van der Waals surface area contributed by atoms with Gasteiger partial charge in [-0.05, 0) is 119 Å². The van der Waals surface area contributed by atoms with E-state index in [2.05, 4.69) is 159 Å². The lowest BCUT2D eigenvalue weighted by molar-refractivity contribution is 0.657. The molecule has 0 aromatic heterocycles. The number of benzene rings is 8. The van der Waals surface area contributed by atoms with Crippen LogP contribution in [0.15, 0.2) is 165 Å². The monoisotopic (exact) mass is 634 g/mol. The van der Waals surface area contributed by atoms with Gasteiger partial charge in [-0.25, -0.2) is 0 Å². The summed E-state index contributed by atoms with van der Waals surface area (Å²) in [5.74, 6) is 0. The number of hydrogen-bond acceptors (Lipinski definition) is 2. The van der Waals surface area contributed by atoms with Crippen molar-refractivity contribution in [3.63, 3.8) is 0 Å². The minimum absolute atomic E-state index is 0.0414. The Bertz CT molecular complexity index is 2570. The summed E-state index contributed by atoms with van der Waals surface area (Å²) in [6.45, 7) is 4.76. The topological polar surface area (TPSA) is 0 Å². The second-order valence-electron chi connectivity index (χ2n) is 13.3. The van der Waals surface area contributed by atoms with E-state index in [-0.39, 0.29) is 5.41 Å². The summed E-state index contributed by atoms with van der Waals surface area (Å²) in [5.41, 5.74) is 10.5. The summed E-state index contributed by atoms with van der Waals surface area (Å²) in [5, 5.41) is 7.85. The molecule has 1 aliphatic heterocycles. The first-order valence-electron chi connectivity index (χ1n) is 16.3. The zero-order chi connectivity index (χ0) is 31.3. The summed E-state index contributed by atoms with van der Waals surface area (Å²) >= 11 is 3.81. The lowest BCUT2D eigenvalue weighted by Crippen LogP contribution is -2.15.